The summed E-state index contributed by atoms with van der Waals surface area (Å²) < 4.78 is 1.74. The lowest BCUT2D eigenvalue weighted by atomic mass is 10.1. The second-order valence-corrected chi connectivity index (χ2v) is 8.20. The third kappa shape index (κ3) is 4.07. The Labute approximate surface area is 183 Å². The molecule has 0 aliphatic rings. The van der Waals surface area contributed by atoms with E-state index >= 15 is 0 Å². The fraction of sp³-hybridized carbons (Fsp3) is 0.190. The highest BCUT2D eigenvalue weighted by Gasteiger charge is 2.13. The lowest BCUT2D eigenvalue weighted by Crippen LogP contribution is -2.34. The van der Waals surface area contributed by atoms with Crippen molar-refractivity contribution in [2.75, 3.05) is 5.32 Å². The first-order valence-corrected chi connectivity index (χ1v) is 10.7. The summed E-state index contributed by atoms with van der Waals surface area (Å²) in [6.45, 7) is 5.92. The van der Waals surface area contributed by atoms with Crippen molar-refractivity contribution in [2.45, 2.75) is 27.2 Å². The van der Waals surface area contributed by atoms with Gasteiger partial charge in [-0.05, 0) is 73.9 Å². The van der Waals surface area contributed by atoms with Gasteiger partial charge in [0.2, 0.25) is 4.96 Å². The topological polar surface area (TPSA) is 84.2 Å². The Morgan fingerprint density at radius 1 is 1.13 bits per heavy atom. The van der Waals surface area contributed by atoms with Gasteiger partial charge in [-0.1, -0.05) is 30.4 Å². The van der Waals surface area contributed by atoms with Gasteiger partial charge < -0.3 is 5.32 Å². The number of benzene rings is 2. The summed E-state index contributed by atoms with van der Waals surface area (Å²) in [5.74, 6) is 0.521. The number of amides is 1. The van der Waals surface area contributed by atoms with Gasteiger partial charge in [-0.15, -0.1) is 10.2 Å². The Hall–Kier alpha value is -3.17. The third-order valence-corrected chi connectivity index (χ3v) is 5.87. The average molecular weight is 437 g/mol. The molecule has 0 bridgehead atoms. The molecule has 0 aliphatic heterocycles. The molecule has 7 nitrogen and oxygen atoms in total. The van der Waals surface area contributed by atoms with Crippen LogP contribution in [0.1, 0.15) is 34.2 Å². The molecular weight excluding hydrogens is 416 g/mol. The zero-order chi connectivity index (χ0) is 21.3. The molecule has 0 unspecified atom stereocenters. The first kappa shape index (κ1) is 20.1. The summed E-state index contributed by atoms with van der Waals surface area (Å²) in [5.41, 5.74) is 4.55. The van der Waals surface area contributed by atoms with Gasteiger partial charge in [0.05, 0.1) is 0 Å². The third-order valence-electron chi connectivity index (χ3n) is 4.72. The number of thiocarbonyl (C=S) groups is 1. The van der Waals surface area contributed by atoms with Crippen LogP contribution in [0.4, 0.5) is 5.69 Å². The molecule has 0 saturated carbocycles. The van der Waals surface area contributed by atoms with Gasteiger partial charge in [0.1, 0.15) is 5.01 Å². The van der Waals surface area contributed by atoms with Gasteiger partial charge in [0.15, 0.2) is 10.9 Å². The van der Waals surface area contributed by atoms with Crippen molar-refractivity contribution in [3.63, 3.8) is 0 Å². The normalized spacial score (nSPS) is 10.9. The molecule has 4 aromatic rings. The number of carbonyl (C=O) groups is 1. The van der Waals surface area contributed by atoms with Crippen molar-refractivity contribution >= 4 is 45.2 Å². The van der Waals surface area contributed by atoms with Crippen molar-refractivity contribution in [2.24, 2.45) is 0 Å². The summed E-state index contributed by atoms with van der Waals surface area (Å²) in [6, 6.07) is 13.4. The van der Waals surface area contributed by atoms with E-state index in [2.05, 4.69) is 32.9 Å². The van der Waals surface area contributed by atoms with E-state index in [-0.39, 0.29) is 11.0 Å². The van der Waals surface area contributed by atoms with E-state index in [0.29, 0.717) is 5.56 Å². The van der Waals surface area contributed by atoms with Gasteiger partial charge in [-0.25, -0.2) is 0 Å². The summed E-state index contributed by atoms with van der Waals surface area (Å²) >= 11 is 6.80. The molecule has 4 rings (SSSR count). The number of rotatable bonds is 4. The van der Waals surface area contributed by atoms with Crippen LogP contribution in [0.2, 0.25) is 0 Å². The van der Waals surface area contributed by atoms with Crippen molar-refractivity contribution < 1.29 is 4.79 Å². The van der Waals surface area contributed by atoms with Crippen molar-refractivity contribution in [3.8, 4) is 10.6 Å². The fourth-order valence-corrected chi connectivity index (χ4v) is 4.07. The molecule has 30 heavy (non-hydrogen) atoms. The Morgan fingerprint density at radius 2 is 1.90 bits per heavy atom. The number of aromatic nitrogens is 4. The highest BCUT2D eigenvalue weighted by atomic mass is 32.1. The summed E-state index contributed by atoms with van der Waals surface area (Å²) in [7, 11) is 0. The summed E-state index contributed by atoms with van der Waals surface area (Å²) in [5, 5.41) is 19.6. The van der Waals surface area contributed by atoms with Crippen molar-refractivity contribution in [1.29, 1.82) is 0 Å². The number of nitrogens with one attached hydrogen (secondary N) is 2. The molecule has 0 fully saturated rings. The first-order chi connectivity index (χ1) is 14.4. The van der Waals surface area contributed by atoms with Crippen molar-refractivity contribution in [3.05, 3.63) is 65.0 Å². The van der Waals surface area contributed by atoms with Gasteiger partial charge in [-0.3, -0.25) is 10.1 Å². The SMILES string of the molecule is CCc1ccc(C(=O)NC(=S)Nc2ccc(-c3nn4c(C)nnc4s3)cc2C)cc1. The monoisotopic (exact) mass is 436 g/mol. The molecule has 9 heteroatoms. The maximum absolute atomic E-state index is 12.4. The van der Waals surface area contributed by atoms with E-state index in [1.54, 1.807) is 16.6 Å². The van der Waals surface area contributed by atoms with Crippen LogP contribution >= 0.6 is 23.6 Å². The number of carbonyl (C=O) groups excluding carboxylic acids is 1. The maximum Gasteiger partial charge on any atom is 0.257 e. The lowest BCUT2D eigenvalue weighted by molar-refractivity contribution is 0.0977. The second kappa shape index (κ2) is 8.29. The number of aryl methyl sites for hydroxylation is 3. The fourth-order valence-electron chi connectivity index (χ4n) is 2.99. The van der Waals surface area contributed by atoms with E-state index in [0.717, 1.165) is 39.0 Å². The number of fused-ring (bicyclic) bond motifs is 1. The largest absolute Gasteiger partial charge is 0.332 e. The molecule has 2 heterocycles. The Balaban J connectivity index is 1.45. The molecule has 0 aliphatic carbocycles. The van der Waals surface area contributed by atoms with Crippen molar-refractivity contribution in [1.82, 2.24) is 25.1 Å². The standard InChI is InChI=1S/C21H20N6OS2/c1-4-14-5-7-15(8-6-14)18(28)23-20(29)22-17-10-9-16(11-12(17)2)19-26-27-13(3)24-25-21(27)30-19/h5-11H,4H2,1-3H3,(H2,22,23,28,29). The minimum atomic E-state index is -0.237. The van der Waals surface area contributed by atoms with E-state index in [9.17, 15) is 4.79 Å². The predicted molar refractivity (Wildman–Crippen MR) is 123 cm³/mol. The highest BCUT2D eigenvalue weighted by molar-refractivity contribution is 7.80. The summed E-state index contributed by atoms with van der Waals surface area (Å²) in [4.78, 5) is 13.2. The molecule has 0 radical (unpaired) electrons. The van der Waals surface area contributed by atoms with Crippen LogP contribution in [-0.4, -0.2) is 30.8 Å². The minimum Gasteiger partial charge on any atom is -0.332 e. The average Bonchev–Trinajstić information content (AvgIpc) is 3.31. The zero-order valence-corrected chi connectivity index (χ0v) is 18.4. The molecule has 0 spiro atoms. The molecule has 0 atom stereocenters. The number of anilines is 1. The van der Waals surface area contributed by atoms with Crippen LogP contribution in [-0.2, 0) is 6.42 Å². The number of hydrogen-bond acceptors (Lipinski definition) is 6. The van der Waals surface area contributed by atoms with Gasteiger partial charge in [0.25, 0.3) is 5.91 Å². The smallest absolute Gasteiger partial charge is 0.257 e. The van der Waals surface area contributed by atoms with Gasteiger partial charge in [-0.2, -0.15) is 9.61 Å². The number of hydrogen-bond donors (Lipinski definition) is 2. The molecular formula is C21H20N6OS2. The predicted octanol–water partition coefficient (Wildman–Crippen LogP) is 4.16. The molecule has 2 N–H and O–H groups in total. The molecule has 152 valence electrons. The van der Waals surface area contributed by atoms with Gasteiger partial charge >= 0.3 is 0 Å². The second-order valence-electron chi connectivity index (χ2n) is 6.84. The molecule has 0 saturated heterocycles. The van der Waals surface area contributed by atoms with E-state index in [1.165, 1.54) is 16.9 Å². The zero-order valence-electron chi connectivity index (χ0n) is 16.8. The summed E-state index contributed by atoms with van der Waals surface area (Å²) in [6.07, 6.45) is 0.932. The Kier molecular flexibility index (Phi) is 5.56. The van der Waals surface area contributed by atoms with Crippen LogP contribution in [0.25, 0.3) is 15.5 Å². The highest BCUT2D eigenvalue weighted by Crippen LogP contribution is 2.28. The van der Waals surface area contributed by atoms with Crippen LogP contribution in [0.3, 0.4) is 0 Å². The maximum atomic E-state index is 12.4. The molecule has 1 amide bonds. The molecule has 2 aromatic heterocycles. The van der Waals surface area contributed by atoms with Crippen LogP contribution in [0, 0.1) is 13.8 Å². The van der Waals surface area contributed by atoms with Crippen LogP contribution in [0.5, 0.6) is 0 Å². The first-order valence-electron chi connectivity index (χ1n) is 9.45. The number of nitrogens with zero attached hydrogens (tertiary/aromatic N) is 4. The van der Waals surface area contributed by atoms with Crippen LogP contribution in [0.15, 0.2) is 42.5 Å². The van der Waals surface area contributed by atoms with E-state index in [1.807, 2.05) is 44.2 Å². The van der Waals surface area contributed by atoms with Gasteiger partial charge in [0, 0.05) is 16.8 Å². The Bertz CT molecular complexity index is 1240. The lowest BCUT2D eigenvalue weighted by Gasteiger charge is -2.12. The van der Waals surface area contributed by atoms with E-state index in [4.69, 9.17) is 12.2 Å². The van der Waals surface area contributed by atoms with Crippen LogP contribution < -0.4 is 10.6 Å². The Morgan fingerprint density at radius 3 is 2.57 bits per heavy atom. The minimum absolute atomic E-state index is 0.237. The van der Waals surface area contributed by atoms with E-state index < -0.39 is 0 Å². The molecule has 2 aromatic carbocycles. The quantitative estimate of drug-likeness (QED) is 0.468.